The highest BCUT2D eigenvalue weighted by Gasteiger charge is 2.36. The van der Waals surface area contributed by atoms with E-state index >= 15 is 0 Å². The summed E-state index contributed by atoms with van der Waals surface area (Å²) in [4.78, 5) is 13.8. The molecular formula is C30H32N2O3. The van der Waals surface area contributed by atoms with Crippen LogP contribution in [0.5, 0.6) is 11.5 Å². The van der Waals surface area contributed by atoms with E-state index in [1.54, 1.807) is 14.2 Å². The molecule has 2 aliphatic rings. The summed E-state index contributed by atoms with van der Waals surface area (Å²) in [6.07, 6.45) is 1.20. The number of carbonyl (C=O) groups excluding carboxylic acids is 1. The van der Waals surface area contributed by atoms with E-state index in [0.29, 0.717) is 23.8 Å². The highest BCUT2D eigenvalue weighted by atomic mass is 16.5. The number of anilines is 2. The lowest BCUT2D eigenvalue weighted by Crippen LogP contribution is -2.26. The van der Waals surface area contributed by atoms with Gasteiger partial charge in [-0.2, -0.15) is 0 Å². The van der Waals surface area contributed by atoms with Gasteiger partial charge in [-0.25, -0.2) is 0 Å². The molecule has 1 aliphatic heterocycles. The molecule has 180 valence electrons. The van der Waals surface area contributed by atoms with Crippen molar-refractivity contribution in [2.45, 2.75) is 44.6 Å². The van der Waals surface area contributed by atoms with Crippen molar-refractivity contribution >= 4 is 17.2 Å². The van der Waals surface area contributed by atoms with E-state index in [2.05, 4.69) is 60.9 Å². The number of hydrogen-bond donors (Lipinski definition) is 2. The van der Waals surface area contributed by atoms with Gasteiger partial charge in [0, 0.05) is 17.7 Å². The lowest BCUT2D eigenvalue weighted by atomic mass is 9.78. The Kier molecular flexibility index (Phi) is 6.25. The van der Waals surface area contributed by atoms with Gasteiger partial charge in [-0.3, -0.25) is 4.79 Å². The minimum atomic E-state index is -0.207. The molecular weight excluding hydrogens is 436 g/mol. The Labute approximate surface area is 207 Å². The van der Waals surface area contributed by atoms with Gasteiger partial charge in [-0.05, 0) is 59.2 Å². The van der Waals surface area contributed by atoms with Crippen LogP contribution in [0.15, 0.2) is 78.0 Å². The van der Waals surface area contributed by atoms with E-state index in [4.69, 9.17) is 9.47 Å². The van der Waals surface area contributed by atoms with Crippen LogP contribution in [0.3, 0.4) is 0 Å². The van der Waals surface area contributed by atoms with E-state index in [0.717, 1.165) is 40.2 Å². The first-order valence-corrected chi connectivity index (χ1v) is 12.2. The zero-order valence-corrected chi connectivity index (χ0v) is 20.7. The summed E-state index contributed by atoms with van der Waals surface area (Å²) in [5.74, 6) is 2.05. The van der Waals surface area contributed by atoms with Crippen molar-refractivity contribution in [2.24, 2.45) is 0 Å². The molecule has 0 fully saturated rings. The van der Waals surface area contributed by atoms with Crippen molar-refractivity contribution in [1.82, 2.24) is 0 Å². The minimum Gasteiger partial charge on any atom is -0.493 e. The Balaban J connectivity index is 1.56. The molecule has 5 rings (SSSR count). The minimum absolute atomic E-state index is 0.0581. The topological polar surface area (TPSA) is 59.6 Å². The van der Waals surface area contributed by atoms with Gasteiger partial charge in [0.1, 0.15) is 0 Å². The fourth-order valence-electron chi connectivity index (χ4n) is 5.16. The van der Waals surface area contributed by atoms with Gasteiger partial charge < -0.3 is 20.1 Å². The van der Waals surface area contributed by atoms with Crippen molar-refractivity contribution in [1.29, 1.82) is 0 Å². The molecule has 2 N–H and O–H groups in total. The van der Waals surface area contributed by atoms with Gasteiger partial charge >= 0.3 is 0 Å². The first-order valence-electron chi connectivity index (χ1n) is 12.2. The van der Waals surface area contributed by atoms with E-state index in [1.807, 2.05) is 30.3 Å². The number of methoxy groups -OCH3 is 2. The highest BCUT2D eigenvalue weighted by Crippen LogP contribution is 2.45. The SMILES string of the molecule is COc1ccc([C@@H]2CC(=O)C3=C(C2)Nc2ccccc2N[C@H]3c2ccc(C(C)C)cc2)cc1OC. The molecule has 5 nitrogen and oxygen atoms in total. The fraction of sp³-hybridized carbons (Fsp3) is 0.300. The molecule has 0 radical (unpaired) electrons. The average Bonchev–Trinajstić information content (AvgIpc) is 3.05. The van der Waals surface area contributed by atoms with E-state index in [9.17, 15) is 4.79 Å². The monoisotopic (exact) mass is 468 g/mol. The molecule has 5 heteroatoms. The van der Waals surface area contributed by atoms with E-state index < -0.39 is 0 Å². The van der Waals surface area contributed by atoms with Gasteiger partial charge in [-0.1, -0.05) is 56.3 Å². The Morgan fingerprint density at radius 1 is 0.829 bits per heavy atom. The molecule has 0 saturated carbocycles. The summed E-state index contributed by atoms with van der Waals surface area (Å²) in [6.45, 7) is 4.39. The Bertz CT molecular complexity index is 1280. The van der Waals surface area contributed by atoms with Crippen LogP contribution < -0.4 is 20.1 Å². The maximum absolute atomic E-state index is 13.8. The van der Waals surface area contributed by atoms with Crippen LogP contribution >= 0.6 is 0 Å². The number of carbonyl (C=O) groups is 1. The number of ether oxygens (including phenoxy) is 2. The van der Waals surface area contributed by atoms with Crippen LogP contribution in [0.1, 0.15) is 61.3 Å². The molecule has 1 heterocycles. The van der Waals surface area contributed by atoms with Crippen molar-refractivity contribution < 1.29 is 14.3 Å². The van der Waals surface area contributed by atoms with Gasteiger partial charge in [0.15, 0.2) is 17.3 Å². The number of fused-ring (bicyclic) bond motifs is 1. The van der Waals surface area contributed by atoms with Crippen LogP contribution in [-0.4, -0.2) is 20.0 Å². The quantitative estimate of drug-likeness (QED) is 0.431. The summed E-state index contributed by atoms with van der Waals surface area (Å²) in [5, 5.41) is 7.28. The van der Waals surface area contributed by atoms with Crippen molar-refractivity contribution in [3.63, 3.8) is 0 Å². The normalized spacial score (nSPS) is 19.3. The van der Waals surface area contributed by atoms with Gasteiger partial charge in [-0.15, -0.1) is 0 Å². The predicted octanol–water partition coefficient (Wildman–Crippen LogP) is 6.81. The number of hydrogen-bond acceptors (Lipinski definition) is 5. The van der Waals surface area contributed by atoms with Crippen molar-refractivity contribution in [3.05, 3.63) is 94.7 Å². The molecule has 0 amide bonds. The molecule has 2 atom stereocenters. The second-order valence-corrected chi connectivity index (χ2v) is 9.60. The van der Waals surface area contributed by atoms with Crippen LogP contribution in [0.2, 0.25) is 0 Å². The molecule has 3 aromatic rings. The highest BCUT2D eigenvalue weighted by molar-refractivity contribution is 6.01. The smallest absolute Gasteiger partial charge is 0.163 e. The third-order valence-electron chi connectivity index (χ3n) is 7.12. The molecule has 0 unspecified atom stereocenters. The second kappa shape index (κ2) is 9.49. The van der Waals surface area contributed by atoms with Crippen molar-refractivity contribution in [2.75, 3.05) is 24.9 Å². The van der Waals surface area contributed by atoms with E-state index in [-0.39, 0.29) is 17.7 Å². The summed E-state index contributed by atoms with van der Waals surface area (Å²) >= 11 is 0. The molecule has 0 bridgehead atoms. The molecule has 0 spiro atoms. The zero-order valence-electron chi connectivity index (χ0n) is 20.7. The summed E-state index contributed by atoms with van der Waals surface area (Å²) in [7, 11) is 3.27. The Morgan fingerprint density at radius 2 is 1.51 bits per heavy atom. The molecule has 1 aliphatic carbocycles. The number of benzene rings is 3. The maximum Gasteiger partial charge on any atom is 0.163 e. The summed E-state index contributed by atoms with van der Waals surface area (Å²) < 4.78 is 10.9. The zero-order chi connectivity index (χ0) is 24.5. The van der Waals surface area contributed by atoms with Crippen LogP contribution in [0.4, 0.5) is 11.4 Å². The van der Waals surface area contributed by atoms with Crippen LogP contribution in [0, 0.1) is 0 Å². The number of Topliss-reactive ketones (excluding diaryl/α,β-unsaturated/α-hetero) is 1. The number of allylic oxidation sites excluding steroid dienone is 1. The lowest BCUT2D eigenvalue weighted by Gasteiger charge is -2.30. The number of nitrogens with one attached hydrogen (secondary N) is 2. The number of rotatable bonds is 5. The van der Waals surface area contributed by atoms with Crippen LogP contribution in [0.25, 0.3) is 0 Å². The van der Waals surface area contributed by atoms with E-state index in [1.165, 1.54) is 5.56 Å². The predicted molar refractivity (Wildman–Crippen MR) is 141 cm³/mol. The standard InChI is InChI=1S/C30H32N2O3/c1-18(2)19-9-11-20(12-10-19)30-29-25(31-23-7-5-6-8-24(23)32-30)15-22(16-26(29)33)21-13-14-27(34-3)28(17-21)35-4/h5-14,17-18,22,30-32H,15-16H2,1-4H3/t22-,30-/m0/s1. The Hall–Kier alpha value is -3.73. The van der Waals surface area contributed by atoms with Gasteiger partial charge in [0.2, 0.25) is 0 Å². The van der Waals surface area contributed by atoms with Gasteiger partial charge in [0.05, 0.1) is 31.6 Å². The summed E-state index contributed by atoms with van der Waals surface area (Å²) in [6, 6.07) is 22.5. The molecule has 0 saturated heterocycles. The third kappa shape index (κ3) is 4.39. The number of para-hydroxylation sites is 2. The average molecular weight is 469 g/mol. The largest absolute Gasteiger partial charge is 0.493 e. The molecule has 0 aromatic heterocycles. The molecule has 3 aromatic carbocycles. The summed E-state index contributed by atoms with van der Waals surface area (Å²) in [5.41, 5.74) is 7.26. The van der Waals surface area contributed by atoms with Gasteiger partial charge in [0.25, 0.3) is 0 Å². The number of ketones is 1. The maximum atomic E-state index is 13.8. The lowest BCUT2D eigenvalue weighted by molar-refractivity contribution is -0.116. The fourth-order valence-corrected chi connectivity index (χ4v) is 5.16. The molecule has 35 heavy (non-hydrogen) atoms. The second-order valence-electron chi connectivity index (χ2n) is 9.60. The van der Waals surface area contributed by atoms with Crippen LogP contribution in [-0.2, 0) is 4.79 Å². The first kappa shape index (κ1) is 23.0. The van der Waals surface area contributed by atoms with Crippen molar-refractivity contribution in [3.8, 4) is 11.5 Å². The third-order valence-corrected chi connectivity index (χ3v) is 7.12. The Morgan fingerprint density at radius 3 is 2.20 bits per heavy atom. The first-order chi connectivity index (χ1) is 17.0.